The number of rotatable bonds is 1. The lowest BCUT2D eigenvalue weighted by atomic mass is 10.2. The fourth-order valence-corrected chi connectivity index (χ4v) is 0.672. The number of hydrogen-bond acceptors (Lipinski definition) is 4. The predicted octanol–water partition coefficient (Wildman–Crippen LogP) is 0.471. The van der Waals surface area contributed by atoms with Gasteiger partial charge in [-0.25, -0.2) is 4.79 Å². The molecule has 1 aromatic carbocycles. The lowest BCUT2D eigenvalue weighted by molar-refractivity contribution is 0.0697. The number of benzene rings is 1. The van der Waals surface area contributed by atoms with Crippen molar-refractivity contribution in [2.75, 3.05) is 12.0 Å². The summed E-state index contributed by atoms with van der Waals surface area (Å²) in [6, 6.07) is 6.17. The molecular weight excluding hydrogens is 222 g/mol. The minimum absolute atomic E-state index is 0.222. The van der Waals surface area contributed by atoms with Gasteiger partial charge in [-0.3, -0.25) is 4.55 Å². The van der Waals surface area contributed by atoms with Gasteiger partial charge in [0.15, 0.2) is 0 Å². The van der Waals surface area contributed by atoms with E-state index >= 15 is 0 Å². The molecule has 84 valence electrons. The van der Waals surface area contributed by atoms with Gasteiger partial charge in [-0.1, -0.05) is 6.07 Å². The van der Waals surface area contributed by atoms with E-state index in [4.69, 9.17) is 15.4 Å². The normalized spacial score (nSPS) is 10.0. The van der Waals surface area contributed by atoms with E-state index in [1.54, 1.807) is 12.1 Å². The maximum atomic E-state index is 10.3. The van der Waals surface area contributed by atoms with Gasteiger partial charge < -0.3 is 10.8 Å². The third-order valence-corrected chi connectivity index (χ3v) is 1.13. The van der Waals surface area contributed by atoms with Crippen molar-refractivity contribution in [1.29, 1.82) is 0 Å². The first-order valence-electron chi connectivity index (χ1n) is 3.71. The molecule has 0 saturated carbocycles. The van der Waals surface area contributed by atoms with Gasteiger partial charge in [-0.15, -0.1) is 0 Å². The SMILES string of the molecule is CS(=O)(=O)O.Nc1cccc(C(=O)O)c1. The molecule has 6 nitrogen and oxygen atoms in total. The highest BCUT2D eigenvalue weighted by Crippen LogP contribution is 2.05. The summed E-state index contributed by atoms with van der Waals surface area (Å²) < 4.78 is 25.9. The highest BCUT2D eigenvalue weighted by molar-refractivity contribution is 7.85. The summed E-state index contributed by atoms with van der Waals surface area (Å²) in [5, 5.41) is 8.45. The van der Waals surface area contributed by atoms with Gasteiger partial charge in [0.1, 0.15) is 0 Å². The molecule has 7 heteroatoms. The first-order chi connectivity index (χ1) is 6.70. The third kappa shape index (κ3) is 8.72. The monoisotopic (exact) mass is 233 g/mol. The van der Waals surface area contributed by atoms with Crippen molar-refractivity contribution in [1.82, 2.24) is 0 Å². The Morgan fingerprint density at radius 3 is 2.13 bits per heavy atom. The molecule has 0 bridgehead atoms. The Morgan fingerprint density at radius 2 is 1.87 bits per heavy atom. The molecule has 0 radical (unpaired) electrons. The van der Waals surface area contributed by atoms with Gasteiger partial charge in [0.25, 0.3) is 10.1 Å². The van der Waals surface area contributed by atoms with Crippen molar-refractivity contribution in [3.63, 3.8) is 0 Å². The Bertz CT molecular complexity index is 432. The summed E-state index contributed by atoms with van der Waals surface area (Å²) in [5.74, 6) is -0.952. The topological polar surface area (TPSA) is 118 Å². The summed E-state index contributed by atoms with van der Waals surface area (Å²) in [7, 11) is -3.67. The molecule has 0 heterocycles. The zero-order chi connectivity index (χ0) is 12.1. The van der Waals surface area contributed by atoms with Gasteiger partial charge in [0.2, 0.25) is 0 Å². The van der Waals surface area contributed by atoms with Crippen LogP contribution in [0.25, 0.3) is 0 Å². The maximum absolute atomic E-state index is 10.3. The Kier molecular flexibility index (Phi) is 4.75. The summed E-state index contributed by atoms with van der Waals surface area (Å²) in [4.78, 5) is 10.3. The van der Waals surface area contributed by atoms with E-state index < -0.39 is 16.1 Å². The van der Waals surface area contributed by atoms with Crippen LogP contribution in [0.15, 0.2) is 24.3 Å². The minimum Gasteiger partial charge on any atom is -0.478 e. The molecule has 0 spiro atoms. The number of hydrogen-bond donors (Lipinski definition) is 3. The average molecular weight is 233 g/mol. The van der Waals surface area contributed by atoms with E-state index in [2.05, 4.69) is 0 Å². The zero-order valence-corrected chi connectivity index (χ0v) is 8.73. The maximum Gasteiger partial charge on any atom is 0.335 e. The molecule has 4 N–H and O–H groups in total. The standard InChI is InChI=1S/C7H7NO2.CH4O3S/c8-6-3-1-2-5(4-6)7(9)10;1-5(2,3)4/h1-4H,8H2,(H,9,10);1H3,(H,2,3,4). The summed E-state index contributed by atoms with van der Waals surface area (Å²) in [6.45, 7) is 0. The second kappa shape index (κ2) is 5.32. The summed E-state index contributed by atoms with van der Waals surface area (Å²) in [6.07, 6.45) is 0.715. The first-order valence-corrected chi connectivity index (χ1v) is 5.56. The molecule has 0 fully saturated rings. The van der Waals surface area contributed by atoms with Crippen molar-refractivity contribution in [3.8, 4) is 0 Å². The highest BCUT2D eigenvalue weighted by Gasteiger charge is 1.99. The molecule has 0 amide bonds. The quantitative estimate of drug-likeness (QED) is 0.479. The second-order valence-corrected chi connectivity index (χ2v) is 4.13. The first kappa shape index (κ1) is 13.4. The van der Waals surface area contributed by atoms with Gasteiger partial charge in [-0.2, -0.15) is 8.42 Å². The number of carboxylic acid groups (broad SMARTS) is 1. The number of nitrogen functional groups attached to an aromatic ring is 1. The molecule has 1 rings (SSSR count). The van der Waals surface area contributed by atoms with Crippen LogP contribution in [0.4, 0.5) is 5.69 Å². The molecular formula is C8H11NO5S. The molecule has 15 heavy (non-hydrogen) atoms. The lowest BCUT2D eigenvalue weighted by Crippen LogP contribution is -1.96. The number of aromatic carboxylic acids is 1. The van der Waals surface area contributed by atoms with Crippen LogP contribution in [-0.4, -0.2) is 30.3 Å². The van der Waals surface area contributed by atoms with Crippen LogP contribution >= 0.6 is 0 Å². The number of nitrogens with two attached hydrogens (primary N) is 1. The van der Waals surface area contributed by atoms with Crippen LogP contribution < -0.4 is 5.73 Å². The van der Waals surface area contributed by atoms with Crippen LogP contribution in [0.5, 0.6) is 0 Å². The van der Waals surface area contributed by atoms with E-state index in [0.717, 1.165) is 0 Å². The van der Waals surface area contributed by atoms with Crippen molar-refractivity contribution in [2.24, 2.45) is 0 Å². The minimum atomic E-state index is -3.67. The van der Waals surface area contributed by atoms with Crippen molar-refractivity contribution >= 4 is 21.8 Å². The van der Waals surface area contributed by atoms with Crippen LogP contribution in [-0.2, 0) is 10.1 Å². The summed E-state index contributed by atoms with van der Waals surface area (Å²) in [5.41, 5.74) is 6.03. The molecule has 0 aliphatic rings. The highest BCUT2D eigenvalue weighted by atomic mass is 32.2. The predicted molar refractivity (Wildman–Crippen MR) is 55.3 cm³/mol. The number of anilines is 1. The molecule has 0 aromatic heterocycles. The smallest absolute Gasteiger partial charge is 0.335 e. The van der Waals surface area contributed by atoms with Crippen LogP contribution in [0, 0.1) is 0 Å². The van der Waals surface area contributed by atoms with E-state index in [1.807, 2.05) is 0 Å². The molecule has 0 unspecified atom stereocenters. The zero-order valence-electron chi connectivity index (χ0n) is 7.91. The number of carbonyl (C=O) groups is 1. The van der Waals surface area contributed by atoms with E-state index in [9.17, 15) is 13.2 Å². The van der Waals surface area contributed by atoms with Gasteiger partial charge in [0.05, 0.1) is 11.8 Å². The van der Waals surface area contributed by atoms with Gasteiger partial charge in [0, 0.05) is 5.69 Å². The second-order valence-electron chi connectivity index (χ2n) is 2.66. The third-order valence-electron chi connectivity index (χ3n) is 1.13. The van der Waals surface area contributed by atoms with Crippen LogP contribution in [0.1, 0.15) is 10.4 Å². The van der Waals surface area contributed by atoms with Crippen LogP contribution in [0.2, 0.25) is 0 Å². The molecule has 1 aromatic rings. The van der Waals surface area contributed by atoms with E-state index in [-0.39, 0.29) is 5.56 Å². The molecule has 0 aliphatic carbocycles. The van der Waals surface area contributed by atoms with E-state index in [1.165, 1.54) is 12.1 Å². The Hall–Kier alpha value is -1.60. The molecule has 0 saturated heterocycles. The Balaban J connectivity index is 0.000000336. The lowest BCUT2D eigenvalue weighted by Gasteiger charge is -1.93. The largest absolute Gasteiger partial charge is 0.478 e. The fourth-order valence-electron chi connectivity index (χ4n) is 0.672. The number of carboxylic acids is 1. The van der Waals surface area contributed by atoms with Gasteiger partial charge >= 0.3 is 5.97 Å². The molecule has 0 atom stereocenters. The van der Waals surface area contributed by atoms with Crippen molar-refractivity contribution < 1.29 is 22.9 Å². The van der Waals surface area contributed by atoms with Crippen molar-refractivity contribution in [2.45, 2.75) is 0 Å². The fraction of sp³-hybridized carbons (Fsp3) is 0.125. The Labute approximate surface area is 87.1 Å². The van der Waals surface area contributed by atoms with Crippen molar-refractivity contribution in [3.05, 3.63) is 29.8 Å². The average Bonchev–Trinajstić information content (AvgIpc) is 2.00. The summed E-state index contributed by atoms with van der Waals surface area (Å²) >= 11 is 0. The van der Waals surface area contributed by atoms with E-state index in [0.29, 0.717) is 11.9 Å². The Morgan fingerprint density at radius 1 is 1.40 bits per heavy atom. The van der Waals surface area contributed by atoms with Crippen LogP contribution in [0.3, 0.4) is 0 Å². The van der Waals surface area contributed by atoms with Gasteiger partial charge in [-0.05, 0) is 18.2 Å². The molecule has 0 aliphatic heterocycles.